The van der Waals surface area contributed by atoms with Crippen LogP contribution in [0.1, 0.15) is 19.3 Å². The van der Waals surface area contributed by atoms with E-state index in [0.717, 1.165) is 50.8 Å². The third-order valence-corrected chi connectivity index (χ3v) is 4.01. The van der Waals surface area contributed by atoms with Crippen molar-refractivity contribution in [3.8, 4) is 5.75 Å². The van der Waals surface area contributed by atoms with Gasteiger partial charge < -0.3 is 14.4 Å². The van der Waals surface area contributed by atoms with Gasteiger partial charge >= 0.3 is 0 Å². The molecule has 1 aromatic rings. The second-order valence-corrected chi connectivity index (χ2v) is 5.54. The summed E-state index contributed by atoms with van der Waals surface area (Å²) in [5, 5.41) is 0. The van der Waals surface area contributed by atoms with Gasteiger partial charge in [-0.3, -0.25) is 4.98 Å². The molecule has 1 atom stereocenters. The van der Waals surface area contributed by atoms with E-state index in [1.807, 2.05) is 12.1 Å². The normalized spacial score (nSPS) is 25.6. The molecule has 3 rings (SSSR count). The Hall–Kier alpha value is -1.13. The molecule has 104 valence electrons. The minimum atomic E-state index is 0.347. The van der Waals surface area contributed by atoms with Gasteiger partial charge in [-0.2, -0.15) is 0 Å². The Balaban J connectivity index is 1.41. The van der Waals surface area contributed by atoms with E-state index in [0.29, 0.717) is 6.10 Å². The lowest BCUT2D eigenvalue weighted by molar-refractivity contribution is 0.0878. The molecule has 3 heterocycles. The van der Waals surface area contributed by atoms with Gasteiger partial charge in [0, 0.05) is 32.4 Å². The quantitative estimate of drug-likeness (QED) is 0.831. The molecular formula is C15H22N2O2. The van der Waals surface area contributed by atoms with Crippen molar-refractivity contribution in [2.24, 2.45) is 5.92 Å². The Kier molecular flexibility index (Phi) is 4.30. The van der Waals surface area contributed by atoms with E-state index in [2.05, 4.69) is 9.88 Å². The van der Waals surface area contributed by atoms with Gasteiger partial charge in [0.2, 0.25) is 0 Å². The third-order valence-electron chi connectivity index (χ3n) is 4.01. The zero-order valence-corrected chi connectivity index (χ0v) is 11.3. The number of aromatic nitrogens is 1. The first kappa shape index (κ1) is 12.9. The standard InChI is InChI=1S/C15H22N2O2/c1-2-15(10-16-6-1)19-14-3-7-17(8-4-14)11-13-5-9-18-12-13/h1-2,6,10,13-14H,3-5,7-9,11-12H2/t13-/m1/s1. The zero-order chi connectivity index (χ0) is 12.9. The van der Waals surface area contributed by atoms with E-state index in [-0.39, 0.29) is 0 Å². The van der Waals surface area contributed by atoms with Gasteiger partial charge in [-0.1, -0.05) is 0 Å². The molecule has 0 radical (unpaired) electrons. The molecule has 2 aliphatic rings. The molecule has 2 fully saturated rings. The monoisotopic (exact) mass is 262 g/mol. The number of pyridine rings is 1. The van der Waals surface area contributed by atoms with Crippen molar-refractivity contribution in [3.05, 3.63) is 24.5 Å². The Bertz CT molecular complexity index is 371. The highest BCUT2D eigenvalue weighted by Gasteiger charge is 2.24. The summed E-state index contributed by atoms with van der Waals surface area (Å²) in [6.45, 7) is 5.37. The number of piperidine rings is 1. The Morgan fingerprint density at radius 3 is 2.89 bits per heavy atom. The van der Waals surface area contributed by atoms with Crippen molar-refractivity contribution in [2.45, 2.75) is 25.4 Å². The summed E-state index contributed by atoms with van der Waals surface area (Å²) in [5.74, 6) is 1.64. The summed E-state index contributed by atoms with van der Waals surface area (Å²) in [7, 11) is 0. The number of hydrogen-bond acceptors (Lipinski definition) is 4. The Morgan fingerprint density at radius 2 is 2.21 bits per heavy atom. The first-order chi connectivity index (χ1) is 9.40. The maximum absolute atomic E-state index is 5.96. The number of nitrogens with zero attached hydrogens (tertiary/aromatic N) is 2. The van der Waals surface area contributed by atoms with Gasteiger partial charge in [0.15, 0.2) is 0 Å². The molecule has 0 bridgehead atoms. The number of likely N-dealkylation sites (tertiary alicyclic amines) is 1. The van der Waals surface area contributed by atoms with Crippen molar-refractivity contribution in [2.75, 3.05) is 32.8 Å². The molecule has 0 saturated carbocycles. The van der Waals surface area contributed by atoms with Crippen LogP contribution in [0, 0.1) is 5.92 Å². The lowest BCUT2D eigenvalue weighted by Gasteiger charge is -2.33. The lowest BCUT2D eigenvalue weighted by atomic mass is 10.0. The Labute approximate surface area is 114 Å². The summed E-state index contributed by atoms with van der Waals surface area (Å²) < 4.78 is 11.4. The smallest absolute Gasteiger partial charge is 0.137 e. The molecule has 2 aliphatic heterocycles. The topological polar surface area (TPSA) is 34.6 Å². The van der Waals surface area contributed by atoms with Crippen molar-refractivity contribution in [1.82, 2.24) is 9.88 Å². The van der Waals surface area contributed by atoms with Crippen LogP contribution in [0.3, 0.4) is 0 Å². The van der Waals surface area contributed by atoms with Crippen LogP contribution in [0.15, 0.2) is 24.5 Å². The zero-order valence-electron chi connectivity index (χ0n) is 11.3. The van der Waals surface area contributed by atoms with Crippen molar-refractivity contribution in [3.63, 3.8) is 0 Å². The van der Waals surface area contributed by atoms with Crippen LogP contribution in [-0.4, -0.2) is 48.8 Å². The fourth-order valence-corrected chi connectivity index (χ4v) is 2.91. The van der Waals surface area contributed by atoms with Crippen molar-refractivity contribution < 1.29 is 9.47 Å². The summed E-state index contributed by atoms with van der Waals surface area (Å²) >= 11 is 0. The fourth-order valence-electron chi connectivity index (χ4n) is 2.91. The predicted octanol–water partition coefficient (Wildman–Crippen LogP) is 1.96. The summed E-state index contributed by atoms with van der Waals surface area (Å²) in [6, 6.07) is 3.90. The second-order valence-electron chi connectivity index (χ2n) is 5.54. The minimum Gasteiger partial charge on any atom is -0.489 e. The van der Waals surface area contributed by atoms with Gasteiger partial charge in [0.25, 0.3) is 0 Å². The van der Waals surface area contributed by atoms with Crippen molar-refractivity contribution >= 4 is 0 Å². The van der Waals surface area contributed by atoms with Crippen LogP contribution < -0.4 is 4.74 Å². The molecule has 1 aromatic heterocycles. The first-order valence-corrected chi connectivity index (χ1v) is 7.27. The molecule has 0 unspecified atom stereocenters. The molecule has 2 saturated heterocycles. The summed E-state index contributed by atoms with van der Waals surface area (Å²) in [6.07, 6.45) is 7.37. The van der Waals surface area contributed by atoms with Crippen LogP contribution in [0.25, 0.3) is 0 Å². The lowest BCUT2D eigenvalue weighted by Crippen LogP contribution is -2.40. The maximum atomic E-state index is 5.96. The van der Waals surface area contributed by atoms with Gasteiger partial charge in [0.05, 0.1) is 12.8 Å². The van der Waals surface area contributed by atoms with Gasteiger partial charge in [-0.15, -0.1) is 0 Å². The SMILES string of the molecule is c1cncc(OC2CCN(C[C@H]3CCOC3)CC2)c1. The summed E-state index contributed by atoms with van der Waals surface area (Å²) in [4.78, 5) is 6.64. The van der Waals surface area contributed by atoms with Crippen molar-refractivity contribution in [1.29, 1.82) is 0 Å². The molecular weight excluding hydrogens is 240 g/mol. The van der Waals surface area contributed by atoms with E-state index in [4.69, 9.17) is 9.47 Å². The highest BCUT2D eigenvalue weighted by molar-refractivity contribution is 5.15. The average molecular weight is 262 g/mol. The number of hydrogen-bond donors (Lipinski definition) is 0. The molecule has 0 aromatic carbocycles. The highest BCUT2D eigenvalue weighted by Crippen LogP contribution is 2.20. The van der Waals surface area contributed by atoms with E-state index in [9.17, 15) is 0 Å². The third kappa shape index (κ3) is 3.67. The van der Waals surface area contributed by atoms with E-state index >= 15 is 0 Å². The van der Waals surface area contributed by atoms with Crippen LogP contribution in [0.4, 0.5) is 0 Å². The highest BCUT2D eigenvalue weighted by atomic mass is 16.5. The van der Waals surface area contributed by atoms with Crippen LogP contribution >= 0.6 is 0 Å². The predicted molar refractivity (Wildman–Crippen MR) is 73.3 cm³/mol. The van der Waals surface area contributed by atoms with Gasteiger partial charge in [0.1, 0.15) is 11.9 Å². The Morgan fingerprint density at radius 1 is 1.32 bits per heavy atom. The van der Waals surface area contributed by atoms with Gasteiger partial charge in [-0.05, 0) is 37.3 Å². The molecule has 4 heteroatoms. The van der Waals surface area contributed by atoms with Crippen LogP contribution in [-0.2, 0) is 4.74 Å². The first-order valence-electron chi connectivity index (χ1n) is 7.27. The van der Waals surface area contributed by atoms with E-state index < -0.39 is 0 Å². The average Bonchev–Trinajstić information content (AvgIpc) is 2.95. The van der Waals surface area contributed by atoms with E-state index in [1.54, 1.807) is 12.4 Å². The molecule has 0 amide bonds. The van der Waals surface area contributed by atoms with Crippen LogP contribution in [0.2, 0.25) is 0 Å². The summed E-state index contributed by atoms with van der Waals surface area (Å²) in [5.41, 5.74) is 0. The molecule has 0 N–H and O–H groups in total. The molecule has 4 nitrogen and oxygen atoms in total. The maximum Gasteiger partial charge on any atom is 0.137 e. The largest absolute Gasteiger partial charge is 0.489 e. The fraction of sp³-hybridized carbons (Fsp3) is 0.667. The number of rotatable bonds is 4. The van der Waals surface area contributed by atoms with E-state index in [1.165, 1.54) is 13.0 Å². The molecule has 19 heavy (non-hydrogen) atoms. The second kappa shape index (κ2) is 6.35. The molecule has 0 spiro atoms. The van der Waals surface area contributed by atoms with Crippen LogP contribution in [0.5, 0.6) is 5.75 Å². The minimum absolute atomic E-state index is 0.347. The number of ether oxygens (including phenoxy) is 2. The van der Waals surface area contributed by atoms with Gasteiger partial charge in [-0.25, -0.2) is 0 Å². The molecule has 0 aliphatic carbocycles.